The highest BCUT2D eigenvalue weighted by Crippen LogP contribution is 2.36. The van der Waals surface area contributed by atoms with E-state index >= 15 is 0 Å². The maximum atomic E-state index is 2.52. The Morgan fingerprint density at radius 3 is 1.85 bits per heavy atom. The topological polar surface area (TPSA) is 3.24 Å². The van der Waals surface area contributed by atoms with Gasteiger partial charge in [0.2, 0.25) is 0 Å². The Hall–Kier alpha value is -0.763. The van der Waals surface area contributed by atoms with Crippen LogP contribution in [0.4, 0.5) is 5.69 Å². The molecule has 2 heteroatoms. The molecule has 0 aliphatic rings. The van der Waals surface area contributed by atoms with E-state index in [1.165, 1.54) is 18.5 Å². The van der Waals surface area contributed by atoms with Crippen molar-refractivity contribution in [2.45, 2.75) is 66.2 Å². The van der Waals surface area contributed by atoms with Gasteiger partial charge in [0.05, 0.1) is 0 Å². The third kappa shape index (κ3) is 3.46. The predicted octanol–water partition coefficient (Wildman–Crippen LogP) is 3.55. The van der Waals surface area contributed by atoms with Gasteiger partial charge in [0.1, 0.15) is 0 Å². The lowest BCUT2D eigenvalue weighted by Crippen LogP contribution is -2.27. The summed E-state index contributed by atoms with van der Waals surface area (Å²) in [5.74, 6) is 1.34. The number of nitrogens with zero attached hydrogens (tertiary/aromatic N) is 1. The van der Waals surface area contributed by atoms with Gasteiger partial charge in [-0.1, -0.05) is 38.9 Å². The summed E-state index contributed by atoms with van der Waals surface area (Å²) >= 11 is 0. The minimum atomic E-state index is 0.656. The van der Waals surface area contributed by atoms with Crippen molar-refractivity contribution in [2.24, 2.45) is 0 Å². The van der Waals surface area contributed by atoms with Crippen LogP contribution in [0.15, 0.2) is 12.1 Å². The van der Waals surface area contributed by atoms with E-state index in [1.54, 1.807) is 16.3 Å². The van der Waals surface area contributed by atoms with Crippen LogP contribution in [0.5, 0.6) is 0 Å². The quantitative estimate of drug-likeness (QED) is 0.695. The van der Waals surface area contributed by atoms with Crippen molar-refractivity contribution in [1.29, 1.82) is 0 Å². The summed E-state index contributed by atoms with van der Waals surface area (Å²) in [4.78, 5) is 2.52. The maximum Gasteiger partial charge on any atom is 0.0404 e. The smallest absolute Gasteiger partial charge is 0.0404 e. The van der Waals surface area contributed by atoms with E-state index in [4.69, 9.17) is 0 Å². The molecule has 2 unspecified atom stereocenters. The lowest BCUT2D eigenvalue weighted by molar-refractivity contribution is 0.675. The molecule has 1 aromatic carbocycles. The summed E-state index contributed by atoms with van der Waals surface area (Å²) in [6.07, 6.45) is 2.46. The Bertz CT molecular complexity index is 424. The highest BCUT2D eigenvalue weighted by Gasteiger charge is 2.21. The average molecular weight is 292 g/mol. The SMILES string of the molecule is CCC(C)c1c([SiH3])ccc(N(CC)CC)c1C(C)CC. The number of hydrogen-bond acceptors (Lipinski definition) is 1. The minimum absolute atomic E-state index is 0.656. The van der Waals surface area contributed by atoms with Gasteiger partial charge < -0.3 is 4.90 Å². The van der Waals surface area contributed by atoms with Gasteiger partial charge in [0.25, 0.3) is 0 Å². The van der Waals surface area contributed by atoms with Crippen molar-refractivity contribution in [3.05, 3.63) is 23.3 Å². The first-order valence-electron chi connectivity index (χ1n) is 8.39. The lowest BCUT2D eigenvalue weighted by atomic mass is 9.85. The van der Waals surface area contributed by atoms with Gasteiger partial charge >= 0.3 is 0 Å². The molecule has 0 saturated carbocycles. The summed E-state index contributed by atoms with van der Waals surface area (Å²) in [6, 6.07) is 4.76. The average Bonchev–Trinajstić information content (AvgIpc) is 2.47. The molecule has 0 N–H and O–H groups in total. The Morgan fingerprint density at radius 2 is 1.40 bits per heavy atom. The zero-order valence-corrected chi connectivity index (χ0v) is 16.6. The Kier molecular flexibility index (Phi) is 6.80. The van der Waals surface area contributed by atoms with Crippen molar-refractivity contribution in [3.8, 4) is 0 Å². The number of hydrogen-bond donors (Lipinski definition) is 0. The van der Waals surface area contributed by atoms with Gasteiger partial charge in [-0.2, -0.15) is 0 Å². The zero-order chi connectivity index (χ0) is 15.3. The van der Waals surface area contributed by atoms with E-state index < -0.39 is 0 Å². The first kappa shape index (κ1) is 17.3. The molecule has 1 nitrogen and oxygen atoms in total. The fourth-order valence-corrected chi connectivity index (χ4v) is 4.08. The molecule has 2 atom stereocenters. The zero-order valence-electron chi connectivity index (χ0n) is 14.6. The van der Waals surface area contributed by atoms with E-state index in [9.17, 15) is 0 Å². The van der Waals surface area contributed by atoms with E-state index in [0.29, 0.717) is 11.8 Å². The van der Waals surface area contributed by atoms with Crippen LogP contribution in [0, 0.1) is 0 Å². The minimum Gasteiger partial charge on any atom is -0.372 e. The Morgan fingerprint density at radius 1 is 0.900 bits per heavy atom. The van der Waals surface area contributed by atoms with Crippen molar-refractivity contribution in [3.63, 3.8) is 0 Å². The molecular weight excluding hydrogens is 258 g/mol. The number of anilines is 1. The summed E-state index contributed by atoms with van der Waals surface area (Å²) in [7, 11) is 1.15. The molecule has 0 radical (unpaired) electrons. The monoisotopic (exact) mass is 291 g/mol. The second-order valence-corrected chi connectivity index (χ2v) is 7.10. The van der Waals surface area contributed by atoms with E-state index in [1.807, 2.05) is 0 Å². The van der Waals surface area contributed by atoms with E-state index in [-0.39, 0.29) is 0 Å². The van der Waals surface area contributed by atoms with Gasteiger partial charge in [-0.3, -0.25) is 0 Å². The number of benzene rings is 1. The molecule has 20 heavy (non-hydrogen) atoms. The van der Waals surface area contributed by atoms with Gasteiger partial charge in [-0.05, 0) is 55.7 Å². The summed E-state index contributed by atoms with van der Waals surface area (Å²) in [6.45, 7) is 16.2. The van der Waals surface area contributed by atoms with Crippen LogP contribution in [0.3, 0.4) is 0 Å². The van der Waals surface area contributed by atoms with Gasteiger partial charge in [-0.15, -0.1) is 0 Å². The second-order valence-electron chi connectivity index (χ2n) is 6.02. The normalized spacial score (nSPS) is 14.3. The Balaban J connectivity index is 3.52. The Labute approximate surface area is 129 Å². The molecule has 1 aromatic rings. The van der Waals surface area contributed by atoms with Gasteiger partial charge in [0, 0.05) is 29.0 Å². The molecule has 0 aliphatic heterocycles. The summed E-state index contributed by atoms with van der Waals surface area (Å²) in [5, 5.41) is 1.60. The first-order chi connectivity index (χ1) is 9.51. The van der Waals surface area contributed by atoms with Crippen molar-refractivity contribution in [1.82, 2.24) is 0 Å². The molecular formula is C18H33NSi. The van der Waals surface area contributed by atoms with Crippen LogP contribution < -0.4 is 10.1 Å². The molecule has 0 spiro atoms. The van der Waals surface area contributed by atoms with Crippen LogP contribution in [0.25, 0.3) is 0 Å². The van der Waals surface area contributed by atoms with Crippen LogP contribution in [0.2, 0.25) is 0 Å². The maximum absolute atomic E-state index is 2.52. The van der Waals surface area contributed by atoms with Crippen molar-refractivity contribution >= 4 is 21.1 Å². The number of rotatable bonds is 7. The van der Waals surface area contributed by atoms with Crippen LogP contribution in [-0.4, -0.2) is 23.3 Å². The third-order valence-corrected chi connectivity index (χ3v) is 5.67. The van der Waals surface area contributed by atoms with Crippen molar-refractivity contribution in [2.75, 3.05) is 18.0 Å². The van der Waals surface area contributed by atoms with E-state index in [2.05, 4.69) is 58.6 Å². The molecule has 0 fully saturated rings. The molecule has 0 heterocycles. The molecule has 0 aliphatic carbocycles. The first-order valence-corrected chi connectivity index (χ1v) is 9.39. The third-order valence-electron chi connectivity index (χ3n) is 4.80. The molecule has 0 aromatic heterocycles. The second kappa shape index (κ2) is 7.87. The summed E-state index contributed by atoms with van der Waals surface area (Å²) < 4.78 is 0. The standard InChI is InChI=1S/C18H33NSi/c1-7-13(5)17-15(19(9-3)10-4)11-12-16(20)18(17)14(6)8-2/h11-14H,7-10H2,1-6,20H3. The fraction of sp³-hybridized carbons (Fsp3) is 0.667. The van der Waals surface area contributed by atoms with E-state index in [0.717, 1.165) is 23.3 Å². The van der Waals surface area contributed by atoms with Crippen molar-refractivity contribution < 1.29 is 0 Å². The van der Waals surface area contributed by atoms with Crippen LogP contribution in [0.1, 0.15) is 77.3 Å². The highest BCUT2D eigenvalue weighted by molar-refractivity contribution is 6.33. The van der Waals surface area contributed by atoms with Crippen LogP contribution in [-0.2, 0) is 0 Å². The fourth-order valence-electron chi connectivity index (χ4n) is 3.15. The molecule has 1 rings (SSSR count). The molecule has 0 saturated heterocycles. The summed E-state index contributed by atoms with van der Waals surface area (Å²) in [5.41, 5.74) is 4.79. The molecule has 0 amide bonds. The predicted molar refractivity (Wildman–Crippen MR) is 97.0 cm³/mol. The highest BCUT2D eigenvalue weighted by atomic mass is 28.1. The molecule has 0 bridgehead atoms. The van der Waals surface area contributed by atoms with Crippen LogP contribution >= 0.6 is 0 Å². The van der Waals surface area contributed by atoms with Gasteiger partial charge in [0.15, 0.2) is 0 Å². The largest absolute Gasteiger partial charge is 0.372 e. The molecule has 114 valence electrons. The lowest BCUT2D eigenvalue weighted by Gasteiger charge is -2.31. The van der Waals surface area contributed by atoms with Gasteiger partial charge in [-0.25, -0.2) is 0 Å².